The van der Waals surface area contributed by atoms with E-state index in [1.54, 1.807) is 34.9 Å². The Labute approximate surface area is 207 Å². The number of aromatic nitrogens is 4. The second-order valence-corrected chi connectivity index (χ2v) is 8.88. The summed E-state index contributed by atoms with van der Waals surface area (Å²) in [5.41, 5.74) is 14.3. The van der Waals surface area contributed by atoms with Gasteiger partial charge >= 0.3 is 0 Å². The molecule has 1 aliphatic carbocycles. The van der Waals surface area contributed by atoms with Gasteiger partial charge in [-0.05, 0) is 49.6 Å². The first-order valence-corrected chi connectivity index (χ1v) is 11.8. The third-order valence-electron chi connectivity index (χ3n) is 5.94. The highest BCUT2D eigenvalue weighted by atomic mass is 35.5. The summed E-state index contributed by atoms with van der Waals surface area (Å²) in [6, 6.07) is 12.4. The van der Waals surface area contributed by atoms with E-state index in [1.165, 1.54) is 6.33 Å². The molecule has 1 aliphatic rings. The van der Waals surface area contributed by atoms with Crippen LogP contribution in [0.15, 0.2) is 53.6 Å². The third-order valence-corrected chi connectivity index (χ3v) is 6.26. The zero-order valence-electron chi connectivity index (χ0n) is 19.1. The van der Waals surface area contributed by atoms with Crippen molar-refractivity contribution in [1.29, 1.82) is 0 Å². The van der Waals surface area contributed by atoms with Gasteiger partial charge in [-0.25, -0.2) is 15.0 Å². The zero-order chi connectivity index (χ0) is 24.5. The molecule has 1 atom stereocenters. The smallest absolute Gasteiger partial charge is 0.263 e. The summed E-state index contributed by atoms with van der Waals surface area (Å²) in [7, 11) is 0. The highest BCUT2D eigenvalue weighted by Gasteiger charge is 2.31. The molecule has 1 unspecified atom stereocenters. The van der Waals surface area contributed by atoms with Gasteiger partial charge in [-0.1, -0.05) is 42.5 Å². The molecule has 8 nitrogen and oxygen atoms in total. The molecule has 35 heavy (non-hydrogen) atoms. The molecule has 0 amide bonds. The third kappa shape index (κ3) is 4.51. The van der Waals surface area contributed by atoms with Crippen molar-refractivity contribution in [3.63, 3.8) is 0 Å². The molecular formula is C26H24ClN7O. The minimum atomic E-state index is -0.311. The standard InChI is InChI=1S/C26H24ClN7O/c1-2-20(25-33-21-8-4-7-19(27)22(21)26(35)34(25)17-10-11-17)32-24-18(23(29)30-14-31-24)12-9-15-5-3-6-16(28)13-15/h3-8,13-14,17,20H,2,10-11,28H2,1H3,(H3,29,30,31,32). The maximum atomic E-state index is 13.5. The quantitative estimate of drug-likeness (QED) is 0.284. The van der Waals surface area contributed by atoms with Gasteiger partial charge < -0.3 is 16.8 Å². The Balaban J connectivity index is 1.58. The van der Waals surface area contributed by atoms with Gasteiger partial charge in [0.25, 0.3) is 5.56 Å². The molecular weight excluding hydrogens is 462 g/mol. The van der Waals surface area contributed by atoms with Crippen LogP contribution in [0.25, 0.3) is 10.9 Å². The predicted molar refractivity (Wildman–Crippen MR) is 139 cm³/mol. The van der Waals surface area contributed by atoms with E-state index in [0.29, 0.717) is 45.2 Å². The summed E-state index contributed by atoms with van der Waals surface area (Å²) >= 11 is 6.37. The molecule has 2 aromatic heterocycles. The van der Waals surface area contributed by atoms with Crippen LogP contribution >= 0.6 is 11.6 Å². The van der Waals surface area contributed by atoms with Gasteiger partial charge in [-0.2, -0.15) is 0 Å². The van der Waals surface area contributed by atoms with Crippen molar-refractivity contribution in [2.45, 2.75) is 38.3 Å². The monoisotopic (exact) mass is 485 g/mol. The van der Waals surface area contributed by atoms with Crippen LogP contribution in [0, 0.1) is 11.8 Å². The van der Waals surface area contributed by atoms with E-state index in [2.05, 4.69) is 27.1 Å². The minimum Gasteiger partial charge on any atom is -0.399 e. The number of nitrogen functional groups attached to an aromatic ring is 2. The van der Waals surface area contributed by atoms with E-state index in [1.807, 2.05) is 19.1 Å². The Kier molecular flexibility index (Phi) is 6.01. The maximum absolute atomic E-state index is 13.5. The van der Waals surface area contributed by atoms with Crippen LogP contribution in [-0.2, 0) is 0 Å². The van der Waals surface area contributed by atoms with E-state index in [9.17, 15) is 4.79 Å². The van der Waals surface area contributed by atoms with Crippen LogP contribution in [0.5, 0.6) is 0 Å². The van der Waals surface area contributed by atoms with Crippen LogP contribution in [-0.4, -0.2) is 19.5 Å². The Bertz CT molecular complexity index is 1550. The molecule has 0 bridgehead atoms. The first-order chi connectivity index (χ1) is 17.0. The summed E-state index contributed by atoms with van der Waals surface area (Å²) in [6.45, 7) is 2.02. The average Bonchev–Trinajstić information content (AvgIpc) is 3.67. The van der Waals surface area contributed by atoms with Crippen molar-refractivity contribution in [1.82, 2.24) is 19.5 Å². The fourth-order valence-electron chi connectivity index (χ4n) is 4.05. The lowest BCUT2D eigenvalue weighted by Gasteiger charge is -2.22. The highest BCUT2D eigenvalue weighted by Crippen LogP contribution is 2.37. The number of hydrogen-bond donors (Lipinski definition) is 3. The second-order valence-electron chi connectivity index (χ2n) is 8.47. The van der Waals surface area contributed by atoms with Crippen molar-refractivity contribution >= 4 is 39.8 Å². The summed E-state index contributed by atoms with van der Waals surface area (Å²) in [4.78, 5) is 26.9. The van der Waals surface area contributed by atoms with Crippen molar-refractivity contribution in [2.75, 3.05) is 16.8 Å². The number of fused-ring (bicyclic) bond motifs is 1. The lowest BCUT2D eigenvalue weighted by molar-refractivity contribution is 0.578. The van der Waals surface area contributed by atoms with Crippen molar-refractivity contribution in [3.8, 4) is 11.8 Å². The topological polar surface area (TPSA) is 125 Å². The number of rotatable bonds is 5. The highest BCUT2D eigenvalue weighted by molar-refractivity contribution is 6.35. The Morgan fingerprint density at radius 2 is 1.97 bits per heavy atom. The number of nitrogens with one attached hydrogen (secondary N) is 1. The fraction of sp³-hybridized carbons (Fsp3) is 0.231. The lowest BCUT2D eigenvalue weighted by Crippen LogP contribution is -2.29. The van der Waals surface area contributed by atoms with Crippen molar-refractivity contribution in [2.24, 2.45) is 0 Å². The second kappa shape index (κ2) is 9.28. The van der Waals surface area contributed by atoms with E-state index in [0.717, 1.165) is 18.4 Å². The molecule has 1 fully saturated rings. The van der Waals surface area contributed by atoms with Gasteiger partial charge in [0.2, 0.25) is 0 Å². The molecule has 0 aliphatic heterocycles. The van der Waals surface area contributed by atoms with E-state index in [-0.39, 0.29) is 23.5 Å². The normalized spacial score (nSPS) is 13.8. The van der Waals surface area contributed by atoms with Gasteiger partial charge in [0, 0.05) is 17.3 Å². The zero-order valence-corrected chi connectivity index (χ0v) is 19.9. The molecule has 0 saturated heterocycles. The summed E-state index contributed by atoms with van der Waals surface area (Å²) in [6.07, 6.45) is 3.89. The fourth-order valence-corrected chi connectivity index (χ4v) is 4.30. The average molecular weight is 486 g/mol. The molecule has 5 N–H and O–H groups in total. The number of halogens is 1. The SMILES string of the molecule is CCC(Nc1ncnc(N)c1C#Cc1cccc(N)c1)c1nc2cccc(Cl)c2c(=O)n1C1CC1. The number of nitrogens with zero attached hydrogens (tertiary/aromatic N) is 4. The molecule has 5 rings (SSSR count). The minimum absolute atomic E-state index is 0.111. The summed E-state index contributed by atoms with van der Waals surface area (Å²) in [5.74, 6) is 7.53. The van der Waals surface area contributed by atoms with Crippen LogP contribution in [0.1, 0.15) is 55.2 Å². The Morgan fingerprint density at radius 3 is 2.71 bits per heavy atom. The maximum Gasteiger partial charge on any atom is 0.263 e. The molecule has 176 valence electrons. The number of anilines is 3. The largest absolute Gasteiger partial charge is 0.399 e. The van der Waals surface area contributed by atoms with Crippen LogP contribution < -0.4 is 22.3 Å². The predicted octanol–water partition coefficient (Wildman–Crippen LogP) is 4.30. The first-order valence-electron chi connectivity index (χ1n) is 11.4. The molecule has 4 aromatic rings. The summed E-state index contributed by atoms with van der Waals surface area (Å²) < 4.78 is 1.78. The summed E-state index contributed by atoms with van der Waals surface area (Å²) in [5, 5.41) is 4.27. The van der Waals surface area contributed by atoms with Crippen LogP contribution in [0.4, 0.5) is 17.3 Å². The molecule has 9 heteroatoms. The molecule has 0 radical (unpaired) electrons. The van der Waals surface area contributed by atoms with E-state index in [4.69, 9.17) is 28.1 Å². The van der Waals surface area contributed by atoms with Gasteiger partial charge in [-0.3, -0.25) is 9.36 Å². The van der Waals surface area contributed by atoms with Gasteiger partial charge in [0.1, 0.15) is 29.4 Å². The molecule has 2 heterocycles. The number of hydrogen-bond acceptors (Lipinski definition) is 7. The van der Waals surface area contributed by atoms with E-state index >= 15 is 0 Å². The van der Waals surface area contributed by atoms with Gasteiger partial charge in [-0.15, -0.1) is 0 Å². The van der Waals surface area contributed by atoms with Crippen LogP contribution in [0.3, 0.4) is 0 Å². The Morgan fingerprint density at radius 1 is 1.17 bits per heavy atom. The molecule has 2 aromatic carbocycles. The molecule has 1 saturated carbocycles. The first kappa shape index (κ1) is 22.7. The van der Waals surface area contributed by atoms with E-state index < -0.39 is 0 Å². The number of benzene rings is 2. The van der Waals surface area contributed by atoms with Crippen LogP contribution in [0.2, 0.25) is 5.02 Å². The van der Waals surface area contributed by atoms with Gasteiger partial charge in [0.15, 0.2) is 0 Å². The van der Waals surface area contributed by atoms with Gasteiger partial charge in [0.05, 0.1) is 22.0 Å². The Hall–Kier alpha value is -4.09. The molecule has 0 spiro atoms. The van der Waals surface area contributed by atoms with Crippen molar-refractivity contribution in [3.05, 3.63) is 81.1 Å². The number of nitrogens with two attached hydrogens (primary N) is 2. The van der Waals surface area contributed by atoms with Crippen molar-refractivity contribution < 1.29 is 0 Å². The lowest BCUT2D eigenvalue weighted by atomic mass is 10.1.